The van der Waals surface area contributed by atoms with Crippen molar-refractivity contribution in [1.82, 2.24) is 9.88 Å². The zero-order chi connectivity index (χ0) is 32.7. The molecular formula is C35H46N2O8. The highest BCUT2D eigenvalue weighted by Gasteiger charge is 2.61. The van der Waals surface area contributed by atoms with Crippen LogP contribution in [0.5, 0.6) is 11.6 Å². The van der Waals surface area contributed by atoms with Crippen LogP contribution in [0.1, 0.15) is 79.6 Å². The second-order valence-corrected chi connectivity index (χ2v) is 14.3. The number of likely N-dealkylation sites (tertiary alicyclic amines) is 1. The second-order valence-electron chi connectivity index (χ2n) is 14.3. The molecule has 0 spiro atoms. The smallest absolute Gasteiger partial charge is 0.312 e. The summed E-state index contributed by atoms with van der Waals surface area (Å²) in [4.78, 5) is 60.3. The van der Waals surface area contributed by atoms with E-state index in [0.29, 0.717) is 18.1 Å². The van der Waals surface area contributed by atoms with E-state index in [1.807, 2.05) is 58.9 Å². The molecule has 1 amide bonds. The van der Waals surface area contributed by atoms with Crippen molar-refractivity contribution in [2.75, 3.05) is 20.8 Å². The molecule has 5 rings (SSSR count). The van der Waals surface area contributed by atoms with Gasteiger partial charge in [-0.3, -0.25) is 19.2 Å². The lowest BCUT2D eigenvalue weighted by Gasteiger charge is -2.35. The Balaban J connectivity index is 1.42. The molecule has 2 heterocycles. The van der Waals surface area contributed by atoms with E-state index >= 15 is 0 Å². The fourth-order valence-electron chi connectivity index (χ4n) is 6.75. The molecule has 3 aliphatic rings. The number of nitrogens with zero attached hydrogens (tertiary/aromatic N) is 2. The number of hydrogen-bond donors (Lipinski definition) is 0. The van der Waals surface area contributed by atoms with Crippen LogP contribution in [0.15, 0.2) is 30.5 Å². The Hall–Kier alpha value is -3.69. The monoisotopic (exact) mass is 622 g/mol. The molecule has 1 aromatic heterocycles. The first-order chi connectivity index (χ1) is 21.2. The summed E-state index contributed by atoms with van der Waals surface area (Å²) >= 11 is 0. The van der Waals surface area contributed by atoms with Crippen molar-refractivity contribution in [3.8, 4) is 11.6 Å². The molecule has 2 aromatic rings. The maximum absolute atomic E-state index is 14.4. The summed E-state index contributed by atoms with van der Waals surface area (Å²) in [7, 11) is 2.95. The Morgan fingerprint density at radius 3 is 2.44 bits per heavy atom. The zero-order valence-electron chi connectivity index (χ0n) is 27.5. The first kappa shape index (κ1) is 32.7. The molecule has 1 saturated heterocycles. The van der Waals surface area contributed by atoms with E-state index in [2.05, 4.69) is 4.98 Å². The Labute approximate surface area is 265 Å². The molecule has 0 radical (unpaired) electrons. The number of esters is 2. The summed E-state index contributed by atoms with van der Waals surface area (Å²) in [5.41, 5.74) is -1.90. The summed E-state index contributed by atoms with van der Waals surface area (Å²) < 4.78 is 22.6. The average Bonchev–Trinajstić information content (AvgIpc) is 3.87. The van der Waals surface area contributed by atoms with Gasteiger partial charge in [0.2, 0.25) is 11.8 Å². The minimum absolute atomic E-state index is 0.00770. The van der Waals surface area contributed by atoms with E-state index in [1.54, 1.807) is 18.2 Å². The molecule has 1 aromatic carbocycles. The summed E-state index contributed by atoms with van der Waals surface area (Å²) in [6.45, 7) is 9.78. The molecule has 244 valence electrons. The van der Waals surface area contributed by atoms with Crippen molar-refractivity contribution in [3.05, 3.63) is 30.5 Å². The van der Waals surface area contributed by atoms with Crippen molar-refractivity contribution in [1.29, 1.82) is 0 Å². The maximum Gasteiger partial charge on any atom is 0.312 e. The molecule has 3 fully saturated rings. The molecule has 0 N–H and O–H groups in total. The fourth-order valence-corrected chi connectivity index (χ4v) is 6.75. The molecule has 10 heteroatoms. The second kappa shape index (κ2) is 12.2. The SMILES string of the molecule is CC[C@@H]1C[C@]1(CC(=O)[C@@H]1C[C@@H](Oc2nccc3cc(OC)ccc23)CN1C(=O)[C@@H](CC(=O)OC1(C)CC1)C(C)(C)C)C(=O)OC. The predicted molar refractivity (Wildman–Crippen MR) is 167 cm³/mol. The first-order valence-electron chi connectivity index (χ1n) is 16.0. The lowest BCUT2D eigenvalue weighted by molar-refractivity contribution is -0.157. The first-order valence-corrected chi connectivity index (χ1v) is 16.0. The minimum atomic E-state index is -0.864. The molecule has 45 heavy (non-hydrogen) atoms. The van der Waals surface area contributed by atoms with Gasteiger partial charge in [-0.05, 0) is 67.2 Å². The molecule has 1 aliphatic heterocycles. The van der Waals surface area contributed by atoms with Crippen LogP contribution >= 0.6 is 0 Å². The normalized spacial score (nSPS) is 25.8. The fraction of sp³-hybridized carbons (Fsp3) is 0.629. The number of pyridine rings is 1. The third-order valence-electron chi connectivity index (χ3n) is 9.97. The van der Waals surface area contributed by atoms with Crippen LogP contribution in [-0.2, 0) is 28.7 Å². The molecule has 0 unspecified atom stereocenters. The zero-order valence-corrected chi connectivity index (χ0v) is 27.5. The topological polar surface area (TPSA) is 121 Å². The van der Waals surface area contributed by atoms with Crippen molar-refractivity contribution >= 4 is 34.4 Å². The number of carbonyl (C=O) groups excluding carboxylic acids is 4. The summed E-state index contributed by atoms with van der Waals surface area (Å²) in [5, 5.41) is 1.66. The molecular weight excluding hydrogens is 576 g/mol. The van der Waals surface area contributed by atoms with E-state index in [4.69, 9.17) is 18.9 Å². The highest BCUT2D eigenvalue weighted by molar-refractivity contribution is 5.96. The highest BCUT2D eigenvalue weighted by atomic mass is 16.6. The number of carbonyl (C=O) groups is 4. The summed E-state index contributed by atoms with van der Waals surface area (Å²) in [5.74, 6) is -0.855. The lowest BCUT2D eigenvalue weighted by Crippen LogP contribution is -2.48. The van der Waals surface area contributed by atoms with Gasteiger partial charge in [-0.25, -0.2) is 4.98 Å². The Morgan fingerprint density at radius 2 is 1.84 bits per heavy atom. The van der Waals surface area contributed by atoms with Crippen LogP contribution in [0, 0.1) is 22.7 Å². The van der Waals surface area contributed by atoms with Gasteiger partial charge >= 0.3 is 11.9 Å². The van der Waals surface area contributed by atoms with Crippen LogP contribution in [0.3, 0.4) is 0 Å². The maximum atomic E-state index is 14.4. The van der Waals surface area contributed by atoms with Gasteiger partial charge in [0, 0.05) is 24.4 Å². The highest BCUT2D eigenvalue weighted by Crippen LogP contribution is 2.58. The van der Waals surface area contributed by atoms with Gasteiger partial charge in [0.05, 0.1) is 44.6 Å². The summed E-state index contributed by atoms with van der Waals surface area (Å²) in [6, 6.07) is 6.63. The van der Waals surface area contributed by atoms with Gasteiger partial charge < -0.3 is 23.8 Å². The Morgan fingerprint density at radius 1 is 1.11 bits per heavy atom. The van der Waals surface area contributed by atoms with Gasteiger partial charge in [0.1, 0.15) is 17.5 Å². The van der Waals surface area contributed by atoms with Crippen LogP contribution in [0.2, 0.25) is 0 Å². The predicted octanol–water partition coefficient (Wildman–Crippen LogP) is 5.29. The van der Waals surface area contributed by atoms with Crippen LogP contribution < -0.4 is 9.47 Å². The molecule has 2 aliphatic carbocycles. The third kappa shape index (κ3) is 6.79. The Bertz CT molecular complexity index is 1480. The number of Topliss-reactive ketones (excluding diaryl/α,β-unsaturated/α-hetero) is 1. The molecule has 2 saturated carbocycles. The third-order valence-corrected chi connectivity index (χ3v) is 9.97. The molecule has 10 nitrogen and oxygen atoms in total. The number of rotatable bonds is 12. The lowest BCUT2D eigenvalue weighted by atomic mass is 9.77. The number of benzene rings is 1. The van der Waals surface area contributed by atoms with E-state index in [0.717, 1.165) is 30.0 Å². The number of hydrogen-bond acceptors (Lipinski definition) is 9. The van der Waals surface area contributed by atoms with Crippen molar-refractivity contribution in [2.24, 2.45) is 22.7 Å². The van der Waals surface area contributed by atoms with E-state index in [9.17, 15) is 19.2 Å². The van der Waals surface area contributed by atoms with E-state index in [-0.39, 0.29) is 49.4 Å². The van der Waals surface area contributed by atoms with Crippen molar-refractivity contribution < 1.29 is 38.1 Å². The van der Waals surface area contributed by atoms with Gasteiger partial charge in [-0.1, -0.05) is 34.1 Å². The Kier molecular flexibility index (Phi) is 8.90. The largest absolute Gasteiger partial charge is 0.497 e. The number of ether oxygens (including phenoxy) is 4. The number of methoxy groups -OCH3 is 2. The number of ketones is 1. The minimum Gasteiger partial charge on any atom is -0.497 e. The summed E-state index contributed by atoms with van der Waals surface area (Å²) in [6.07, 6.45) is 4.23. The number of amides is 1. The van der Waals surface area contributed by atoms with Gasteiger partial charge in [0.25, 0.3) is 0 Å². The van der Waals surface area contributed by atoms with E-state index < -0.39 is 40.5 Å². The number of fused-ring (bicyclic) bond motifs is 1. The van der Waals surface area contributed by atoms with Gasteiger partial charge in [-0.2, -0.15) is 0 Å². The standard InChI is InChI=1S/C35H46N2O8/c1-8-22-18-35(22,32(41)43-7)19-28(38)27-16-24(44-30-25-10-9-23(42-6)15-21(25)11-14-36-30)20-37(27)31(40)26(33(2,3)4)17-29(39)45-34(5)12-13-34/h9-11,14-15,22,24,26-27H,8,12-13,16-20H2,1-7H3/t22-,24-,26-,27+,35-/m1/s1. The average molecular weight is 623 g/mol. The molecule has 5 atom stereocenters. The van der Waals surface area contributed by atoms with Crippen LogP contribution in [0.4, 0.5) is 0 Å². The molecule has 0 bridgehead atoms. The quantitative estimate of drug-likeness (QED) is 0.291. The van der Waals surface area contributed by atoms with Crippen LogP contribution in [-0.4, -0.2) is 72.0 Å². The van der Waals surface area contributed by atoms with E-state index in [1.165, 1.54) is 7.11 Å². The van der Waals surface area contributed by atoms with Gasteiger partial charge in [0.15, 0.2) is 5.78 Å². The van der Waals surface area contributed by atoms with Gasteiger partial charge in [-0.15, -0.1) is 0 Å². The van der Waals surface area contributed by atoms with Crippen LogP contribution in [0.25, 0.3) is 10.8 Å². The van der Waals surface area contributed by atoms with Crippen molar-refractivity contribution in [3.63, 3.8) is 0 Å². The number of aromatic nitrogens is 1. The van der Waals surface area contributed by atoms with Crippen molar-refractivity contribution in [2.45, 2.75) is 97.3 Å².